The van der Waals surface area contributed by atoms with Crippen LogP contribution in [-0.2, 0) is 0 Å². The Bertz CT molecular complexity index is 860. The van der Waals surface area contributed by atoms with Gasteiger partial charge in [-0.1, -0.05) is 12.1 Å². The summed E-state index contributed by atoms with van der Waals surface area (Å²) >= 11 is 0. The highest BCUT2D eigenvalue weighted by Crippen LogP contribution is 2.32. The van der Waals surface area contributed by atoms with E-state index in [1.165, 1.54) is 10.5 Å². The van der Waals surface area contributed by atoms with Crippen LogP contribution < -0.4 is 9.80 Å². The molecule has 0 spiro atoms. The summed E-state index contributed by atoms with van der Waals surface area (Å²) in [5.41, 5.74) is 2.82. The zero-order valence-corrected chi connectivity index (χ0v) is 14.4. The number of aromatic nitrogens is 2. The number of likely N-dealkylation sites (N-methyl/N-ethyl adjacent to an activating group) is 1. The van der Waals surface area contributed by atoms with E-state index in [-0.39, 0.29) is 6.04 Å². The number of nitrogens with zero attached hydrogens (tertiary/aromatic N) is 2. The van der Waals surface area contributed by atoms with Crippen molar-refractivity contribution in [3.63, 3.8) is 0 Å². The molecule has 5 heteroatoms. The average molecular weight is 336 g/mol. The van der Waals surface area contributed by atoms with Crippen molar-refractivity contribution in [3.05, 3.63) is 66.1 Å². The third-order valence-corrected chi connectivity index (χ3v) is 5.28. The molecule has 128 valence electrons. The van der Waals surface area contributed by atoms with Crippen LogP contribution in [0.4, 0.5) is 0 Å². The molecule has 4 rings (SSSR count). The normalized spacial score (nSPS) is 22.0. The number of hydrogen-bond acceptors (Lipinski definition) is 3. The molecule has 1 aliphatic heterocycles. The van der Waals surface area contributed by atoms with Crippen LogP contribution in [0.5, 0.6) is 5.75 Å². The van der Waals surface area contributed by atoms with E-state index in [0.29, 0.717) is 11.3 Å². The van der Waals surface area contributed by atoms with Crippen molar-refractivity contribution in [3.8, 4) is 5.75 Å². The van der Waals surface area contributed by atoms with Crippen LogP contribution in [0, 0.1) is 0 Å². The Labute approximate surface area is 147 Å². The zero-order valence-electron chi connectivity index (χ0n) is 14.4. The molecule has 0 radical (unpaired) electrons. The van der Waals surface area contributed by atoms with Gasteiger partial charge in [0.05, 0.1) is 12.6 Å². The molecule has 25 heavy (non-hydrogen) atoms. The van der Waals surface area contributed by atoms with Crippen LogP contribution in [-0.4, -0.2) is 48.3 Å². The van der Waals surface area contributed by atoms with E-state index in [9.17, 15) is 5.11 Å². The highest BCUT2D eigenvalue weighted by atomic mass is 16.3. The molecule has 0 saturated carbocycles. The summed E-state index contributed by atoms with van der Waals surface area (Å²) in [5.74, 6) is 0.304. The molecule has 1 aliphatic rings. The highest BCUT2D eigenvalue weighted by Gasteiger charge is 2.32. The van der Waals surface area contributed by atoms with Crippen molar-refractivity contribution >= 4 is 10.9 Å². The molecule has 1 unspecified atom stereocenters. The minimum absolute atomic E-state index is 0.0995. The van der Waals surface area contributed by atoms with Crippen molar-refractivity contribution in [1.29, 1.82) is 0 Å². The molecule has 3 N–H and O–H groups in total. The van der Waals surface area contributed by atoms with Gasteiger partial charge in [-0.05, 0) is 24.3 Å². The zero-order chi connectivity index (χ0) is 17.2. The summed E-state index contributed by atoms with van der Waals surface area (Å²) in [7, 11) is 2.25. The van der Waals surface area contributed by atoms with Crippen molar-refractivity contribution in [1.82, 2.24) is 9.97 Å². The lowest BCUT2D eigenvalue weighted by atomic mass is 9.95. The maximum atomic E-state index is 11.0. The minimum Gasteiger partial charge on any atom is -0.505 e. The monoisotopic (exact) mass is 336 g/mol. The van der Waals surface area contributed by atoms with E-state index in [1.807, 2.05) is 24.5 Å². The van der Waals surface area contributed by atoms with Crippen molar-refractivity contribution in [2.45, 2.75) is 6.04 Å². The van der Waals surface area contributed by atoms with E-state index in [2.05, 4.69) is 41.3 Å². The van der Waals surface area contributed by atoms with Crippen molar-refractivity contribution in [2.24, 2.45) is 0 Å². The molecule has 1 fully saturated rings. The van der Waals surface area contributed by atoms with Gasteiger partial charge in [0.15, 0.2) is 5.75 Å². The fraction of sp³-hybridized carbons (Fsp3) is 0.300. The summed E-state index contributed by atoms with van der Waals surface area (Å²) in [5, 5.41) is 11.9. The Balaban J connectivity index is 1.82. The quantitative estimate of drug-likeness (QED) is 0.623. The van der Waals surface area contributed by atoms with Crippen LogP contribution >= 0.6 is 0 Å². The Morgan fingerprint density at radius 2 is 1.72 bits per heavy atom. The van der Waals surface area contributed by atoms with Crippen LogP contribution in [0.25, 0.3) is 10.9 Å². The number of phenolic OH excluding ortho intramolecular Hbond substituents is 1. The third-order valence-electron chi connectivity index (χ3n) is 5.28. The molecular weight excluding hydrogens is 312 g/mol. The number of aromatic hydroxyl groups is 1. The van der Waals surface area contributed by atoms with E-state index >= 15 is 0 Å². The molecule has 2 aromatic heterocycles. The summed E-state index contributed by atoms with van der Waals surface area (Å²) < 4.78 is 0. The second-order valence-electron chi connectivity index (χ2n) is 6.91. The number of benzene rings is 1. The second kappa shape index (κ2) is 6.78. The largest absolute Gasteiger partial charge is 0.505 e. The summed E-state index contributed by atoms with van der Waals surface area (Å²) in [6.45, 7) is 4.45. The molecule has 3 aromatic rings. The van der Waals surface area contributed by atoms with Gasteiger partial charge in [0.25, 0.3) is 0 Å². The molecule has 1 atom stereocenters. The number of phenols is 1. The number of piperazine rings is 1. The van der Waals surface area contributed by atoms with Gasteiger partial charge in [0.1, 0.15) is 37.7 Å². The van der Waals surface area contributed by atoms with Crippen LogP contribution in [0.3, 0.4) is 0 Å². The van der Waals surface area contributed by atoms with Crippen LogP contribution in [0.2, 0.25) is 0 Å². The SMILES string of the molecule is C[NH+]1CC[NH+](C(c2ccncc2)c2ccc3cccnc3c2O)CC1. The lowest BCUT2D eigenvalue weighted by molar-refractivity contribution is -1.02. The van der Waals surface area contributed by atoms with Gasteiger partial charge >= 0.3 is 0 Å². The number of nitrogens with one attached hydrogen (secondary N) is 2. The first-order chi connectivity index (χ1) is 12.2. The lowest BCUT2D eigenvalue weighted by Crippen LogP contribution is -3.27. The van der Waals surface area contributed by atoms with E-state index in [4.69, 9.17) is 0 Å². The second-order valence-corrected chi connectivity index (χ2v) is 6.91. The number of rotatable bonds is 3. The van der Waals surface area contributed by atoms with Gasteiger partial charge < -0.3 is 14.9 Å². The van der Waals surface area contributed by atoms with Crippen LogP contribution in [0.15, 0.2) is 55.0 Å². The van der Waals surface area contributed by atoms with Gasteiger partial charge in [0.2, 0.25) is 0 Å². The topological polar surface area (TPSA) is 54.9 Å². The predicted octanol–water partition coefficient (Wildman–Crippen LogP) is -0.162. The summed E-state index contributed by atoms with van der Waals surface area (Å²) in [6, 6.07) is 12.2. The van der Waals surface area contributed by atoms with Gasteiger partial charge in [0, 0.05) is 29.5 Å². The highest BCUT2D eigenvalue weighted by molar-refractivity contribution is 5.85. The molecule has 3 heterocycles. The summed E-state index contributed by atoms with van der Waals surface area (Å²) in [4.78, 5) is 11.6. The molecule has 0 bridgehead atoms. The first kappa shape index (κ1) is 16.0. The molecule has 1 saturated heterocycles. The maximum absolute atomic E-state index is 11.0. The summed E-state index contributed by atoms with van der Waals surface area (Å²) in [6.07, 6.45) is 5.40. The minimum atomic E-state index is 0.0995. The number of hydrogen-bond donors (Lipinski definition) is 3. The van der Waals surface area contributed by atoms with E-state index in [1.54, 1.807) is 11.1 Å². The Hall–Kier alpha value is -2.50. The van der Waals surface area contributed by atoms with E-state index < -0.39 is 0 Å². The van der Waals surface area contributed by atoms with Gasteiger partial charge in [-0.15, -0.1) is 0 Å². The van der Waals surface area contributed by atoms with Crippen molar-refractivity contribution in [2.75, 3.05) is 33.2 Å². The standard InChI is InChI=1S/C20H22N4O/c1-23-11-13-24(14-12-23)19(16-6-9-21-10-7-16)17-5-4-15-3-2-8-22-18(15)20(17)25/h2-10,19,25H,11-14H2,1H3/p+2. The molecular formula is C20H24N4O+2. The predicted molar refractivity (Wildman–Crippen MR) is 96.8 cm³/mol. The molecule has 5 nitrogen and oxygen atoms in total. The number of quaternary nitrogens is 2. The Kier molecular flexibility index (Phi) is 4.34. The number of pyridine rings is 2. The fourth-order valence-electron chi connectivity index (χ4n) is 3.86. The molecule has 1 aromatic carbocycles. The lowest BCUT2D eigenvalue weighted by Gasteiger charge is -2.34. The maximum Gasteiger partial charge on any atom is 0.151 e. The van der Waals surface area contributed by atoms with Crippen LogP contribution in [0.1, 0.15) is 17.2 Å². The average Bonchev–Trinajstić information content (AvgIpc) is 2.66. The van der Waals surface area contributed by atoms with Gasteiger partial charge in [-0.3, -0.25) is 9.97 Å². The Morgan fingerprint density at radius 3 is 2.48 bits per heavy atom. The third kappa shape index (κ3) is 3.08. The smallest absolute Gasteiger partial charge is 0.151 e. The Morgan fingerprint density at radius 1 is 0.960 bits per heavy atom. The molecule has 0 amide bonds. The molecule has 0 aliphatic carbocycles. The van der Waals surface area contributed by atoms with Gasteiger partial charge in [-0.2, -0.15) is 0 Å². The van der Waals surface area contributed by atoms with Crippen molar-refractivity contribution < 1.29 is 14.9 Å². The van der Waals surface area contributed by atoms with Gasteiger partial charge in [-0.25, -0.2) is 0 Å². The first-order valence-corrected chi connectivity index (χ1v) is 8.86. The fourth-order valence-corrected chi connectivity index (χ4v) is 3.86. The first-order valence-electron chi connectivity index (χ1n) is 8.86. The van der Waals surface area contributed by atoms with E-state index in [0.717, 1.165) is 37.1 Å². The number of fused-ring (bicyclic) bond motifs is 1.